The Bertz CT molecular complexity index is 877. The molecule has 3 aromatic carbocycles. The van der Waals surface area contributed by atoms with Crippen LogP contribution < -0.4 is 26.0 Å². The van der Waals surface area contributed by atoms with Crippen molar-refractivity contribution >= 4 is 41.5 Å². The molecule has 0 amide bonds. The predicted octanol–water partition coefficient (Wildman–Crippen LogP) is 5.14. The lowest BCUT2D eigenvalue weighted by Crippen LogP contribution is -2.44. The van der Waals surface area contributed by atoms with Gasteiger partial charge in [0.15, 0.2) is 5.11 Å². The maximum absolute atomic E-state index is 5.63. The molecule has 0 unspecified atom stereocenters. The van der Waals surface area contributed by atoms with Crippen LogP contribution in [-0.2, 0) is 0 Å². The highest BCUT2D eigenvalue weighted by molar-refractivity contribution is 7.80. The van der Waals surface area contributed by atoms with E-state index in [9.17, 15) is 0 Å². The Balaban J connectivity index is 1.74. The molecular weight excluding hydrogens is 407 g/mol. The van der Waals surface area contributed by atoms with E-state index in [0.717, 1.165) is 17.6 Å². The SMILES string of the molecule is COc1ccc(NC(=S)N[C@H](CP(c2ccccc2)c2ccccc2)C(C)C)cc1. The van der Waals surface area contributed by atoms with Crippen LogP contribution in [0.3, 0.4) is 0 Å². The van der Waals surface area contributed by atoms with Gasteiger partial charge < -0.3 is 15.4 Å². The van der Waals surface area contributed by atoms with Crippen LogP contribution in [-0.4, -0.2) is 24.4 Å². The van der Waals surface area contributed by atoms with Gasteiger partial charge in [0.1, 0.15) is 5.75 Å². The normalized spacial score (nSPS) is 11.9. The van der Waals surface area contributed by atoms with Crippen molar-refractivity contribution in [1.29, 1.82) is 0 Å². The number of hydrogen-bond donors (Lipinski definition) is 2. The van der Waals surface area contributed by atoms with Crippen LogP contribution in [0.5, 0.6) is 5.75 Å². The molecule has 5 heteroatoms. The maximum atomic E-state index is 5.63. The van der Waals surface area contributed by atoms with Crippen LogP contribution in [0.1, 0.15) is 13.8 Å². The van der Waals surface area contributed by atoms with Gasteiger partial charge in [0.05, 0.1) is 7.11 Å². The van der Waals surface area contributed by atoms with E-state index < -0.39 is 7.92 Å². The van der Waals surface area contributed by atoms with Gasteiger partial charge >= 0.3 is 0 Å². The molecule has 0 saturated heterocycles. The van der Waals surface area contributed by atoms with E-state index in [1.807, 2.05) is 24.3 Å². The summed E-state index contributed by atoms with van der Waals surface area (Å²) in [5.41, 5.74) is 0.948. The second kappa shape index (κ2) is 11.1. The standard InChI is InChI=1S/C25H29N2OPS/c1-19(2)24(27-25(30)26-20-14-16-21(28-3)17-15-20)18-29(22-10-6-4-7-11-22)23-12-8-5-9-13-23/h4-17,19,24H,18H2,1-3H3,(H2,26,27,30)/t24-/m1/s1. The van der Waals surface area contributed by atoms with E-state index in [1.165, 1.54) is 10.6 Å². The van der Waals surface area contributed by atoms with Gasteiger partial charge in [-0.2, -0.15) is 0 Å². The van der Waals surface area contributed by atoms with E-state index in [-0.39, 0.29) is 6.04 Å². The number of benzene rings is 3. The smallest absolute Gasteiger partial charge is 0.171 e. The van der Waals surface area contributed by atoms with Crippen LogP contribution in [0.15, 0.2) is 84.9 Å². The number of thiocarbonyl (C=S) groups is 1. The molecule has 30 heavy (non-hydrogen) atoms. The maximum Gasteiger partial charge on any atom is 0.171 e. The average Bonchev–Trinajstić information content (AvgIpc) is 2.78. The Hall–Kier alpha value is -2.42. The van der Waals surface area contributed by atoms with E-state index in [2.05, 4.69) is 85.1 Å². The minimum atomic E-state index is -0.486. The minimum absolute atomic E-state index is 0.259. The largest absolute Gasteiger partial charge is 0.497 e. The Morgan fingerprint density at radius 3 is 1.87 bits per heavy atom. The first-order valence-electron chi connectivity index (χ1n) is 10.2. The number of nitrogens with one attached hydrogen (secondary N) is 2. The van der Waals surface area contributed by atoms with Crippen LogP contribution in [0.25, 0.3) is 0 Å². The first kappa shape index (κ1) is 22.3. The third kappa shape index (κ3) is 6.29. The van der Waals surface area contributed by atoms with Gasteiger partial charge in [-0.1, -0.05) is 74.5 Å². The van der Waals surface area contributed by atoms with Crippen molar-refractivity contribution < 1.29 is 4.74 Å². The number of rotatable bonds is 8. The summed E-state index contributed by atoms with van der Waals surface area (Å²) in [5.74, 6) is 1.27. The fourth-order valence-electron chi connectivity index (χ4n) is 3.21. The molecule has 3 rings (SSSR count). The lowest BCUT2D eigenvalue weighted by Gasteiger charge is -2.29. The minimum Gasteiger partial charge on any atom is -0.497 e. The lowest BCUT2D eigenvalue weighted by molar-refractivity contribution is 0.415. The van der Waals surface area contributed by atoms with E-state index >= 15 is 0 Å². The molecule has 1 atom stereocenters. The number of methoxy groups -OCH3 is 1. The third-order valence-corrected chi connectivity index (χ3v) is 7.81. The number of ether oxygens (including phenoxy) is 1. The third-order valence-electron chi connectivity index (χ3n) is 4.98. The van der Waals surface area contributed by atoms with E-state index in [1.54, 1.807) is 7.11 Å². The van der Waals surface area contributed by atoms with Crippen LogP contribution in [0.4, 0.5) is 5.69 Å². The van der Waals surface area contributed by atoms with Crippen molar-refractivity contribution in [1.82, 2.24) is 5.32 Å². The highest BCUT2D eigenvalue weighted by Crippen LogP contribution is 2.35. The molecule has 0 aliphatic heterocycles. The van der Waals surface area contributed by atoms with Crippen molar-refractivity contribution in [3.05, 3.63) is 84.9 Å². The molecule has 2 N–H and O–H groups in total. The van der Waals surface area contributed by atoms with Gasteiger partial charge in [0.2, 0.25) is 0 Å². The summed E-state index contributed by atoms with van der Waals surface area (Å²) in [6.07, 6.45) is 1.02. The van der Waals surface area contributed by atoms with Gasteiger partial charge in [-0.3, -0.25) is 0 Å². The summed E-state index contributed by atoms with van der Waals surface area (Å²) >= 11 is 5.63. The average molecular weight is 437 g/mol. The zero-order valence-corrected chi connectivity index (χ0v) is 19.4. The quantitative estimate of drug-likeness (QED) is 0.378. The number of hydrogen-bond acceptors (Lipinski definition) is 2. The highest BCUT2D eigenvalue weighted by Gasteiger charge is 2.22. The Kier molecular flexibility index (Phi) is 8.24. The molecule has 3 aromatic rings. The number of anilines is 1. The summed E-state index contributed by atoms with van der Waals surface area (Å²) in [7, 11) is 1.18. The van der Waals surface area contributed by atoms with Crippen LogP contribution in [0, 0.1) is 5.92 Å². The molecule has 0 saturated carbocycles. The topological polar surface area (TPSA) is 33.3 Å². The molecule has 0 radical (unpaired) electrons. The molecule has 0 fully saturated rings. The fraction of sp³-hybridized carbons (Fsp3) is 0.240. The monoisotopic (exact) mass is 436 g/mol. The van der Waals surface area contributed by atoms with E-state index in [4.69, 9.17) is 17.0 Å². The highest BCUT2D eigenvalue weighted by atomic mass is 32.1. The summed E-state index contributed by atoms with van der Waals surface area (Å²) < 4.78 is 5.22. The van der Waals surface area contributed by atoms with Gasteiger partial charge in [-0.15, -0.1) is 0 Å². The Morgan fingerprint density at radius 1 is 0.867 bits per heavy atom. The second-order valence-corrected chi connectivity index (χ2v) is 10.1. The fourth-order valence-corrected chi connectivity index (χ4v) is 6.16. The van der Waals surface area contributed by atoms with Crippen molar-refractivity contribution in [2.24, 2.45) is 5.92 Å². The molecule has 3 nitrogen and oxygen atoms in total. The predicted molar refractivity (Wildman–Crippen MR) is 135 cm³/mol. The first-order chi connectivity index (χ1) is 14.6. The van der Waals surface area contributed by atoms with Crippen LogP contribution in [0.2, 0.25) is 0 Å². The van der Waals surface area contributed by atoms with Crippen molar-refractivity contribution in [2.75, 3.05) is 18.6 Å². The van der Waals surface area contributed by atoms with Gasteiger partial charge in [-0.05, 0) is 67.1 Å². The molecule has 156 valence electrons. The molecule has 0 aliphatic carbocycles. The Labute approximate surface area is 186 Å². The second-order valence-electron chi connectivity index (χ2n) is 7.46. The molecular formula is C25H29N2OPS. The van der Waals surface area contributed by atoms with E-state index in [0.29, 0.717) is 11.0 Å². The van der Waals surface area contributed by atoms with Gasteiger partial charge in [0, 0.05) is 11.7 Å². The summed E-state index contributed by atoms with van der Waals surface area (Å²) in [5, 5.41) is 10.3. The van der Waals surface area contributed by atoms with Gasteiger partial charge in [0.25, 0.3) is 0 Å². The summed E-state index contributed by atoms with van der Waals surface area (Å²) in [4.78, 5) is 0. The zero-order valence-electron chi connectivity index (χ0n) is 17.7. The molecule has 0 spiro atoms. The van der Waals surface area contributed by atoms with Crippen LogP contribution >= 0.6 is 20.1 Å². The molecule has 0 heterocycles. The van der Waals surface area contributed by atoms with Gasteiger partial charge in [-0.25, -0.2) is 0 Å². The molecule has 0 aromatic heterocycles. The molecule has 0 aliphatic rings. The first-order valence-corrected chi connectivity index (χ1v) is 12.1. The van der Waals surface area contributed by atoms with Crippen molar-refractivity contribution in [2.45, 2.75) is 19.9 Å². The lowest BCUT2D eigenvalue weighted by atomic mass is 10.1. The summed E-state index contributed by atoms with van der Waals surface area (Å²) in [6.45, 7) is 4.49. The summed E-state index contributed by atoms with van der Waals surface area (Å²) in [6, 6.07) is 29.7. The molecule has 0 bridgehead atoms. The Morgan fingerprint density at radius 2 is 1.40 bits per heavy atom. The zero-order chi connectivity index (χ0) is 21.3. The van der Waals surface area contributed by atoms with Crippen molar-refractivity contribution in [3.8, 4) is 5.75 Å². The van der Waals surface area contributed by atoms with Crippen molar-refractivity contribution in [3.63, 3.8) is 0 Å².